The third-order valence-electron chi connectivity index (χ3n) is 2.36. The molecule has 0 saturated carbocycles. The molecule has 0 atom stereocenters. The van der Waals surface area contributed by atoms with Gasteiger partial charge < -0.3 is 9.73 Å². The molecule has 0 unspecified atom stereocenters. The fraction of sp³-hybridized carbons (Fsp3) is 0.545. The zero-order valence-electron chi connectivity index (χ0n) is 10.3. The number of rotatable bonds is 5. The minimum atomic E-state index is 0.318. The van der Waals surface area contributed by atoms with Gasteiger partial charge in [0.25, 0.3) is 0 Å². The molecule has 0 bridgehead atoms. The number of oxazole rings is 1. The van der Waals surface area contributed by atoms with Crippen LogP contribution in [-0.2, 0) is 13.1 Å². The molecule has 2 aromatic rings. The van der Waals surface area contributed by atoms with Gasteiger partial charge in [0.2, 0.25) is 5.89 Å². The molecule has 0 aliphatic rings. The summed E-state index contributed by atoms with van der Waals surface area (Å²) in [7, 11) is 0. The highest BCUT2D eigenvalue weighted by Crippen LogP contribution is 2.05. The predicted molar refractivity (Wildman–Crippen MR) is 62.2 cm³/mol. The van der Waals surface area contributed by atoms with Crippen molar-refractivity contribution in [2.45, 2.75) is 39.9 Å². The van der Waals surface area contributed by atoms with E-state index in [1.54, 1.807) is 12.5 Å². The number of nitrogens with one attached hydrogen (secondary N) is 1. The topological polar surface area (TPSA) is 68.8 Å². The average Bonchev–Trinajstić information content (AvgIpc) is 2.87. The van der Waals surface area contributed by atoms with Crippen molar-refractivity contribution in [1.29, 1.82) is 0 Å². The molecular formula is C11H17N5O. The molecule has 0 aliphatic heterocycles. The molecule has 6 heteroatoms. The van der Waals surface area contributed by atoms with Gasteiger partial charge in [-0.1, -0.05) is 0 Å². The first kappa shape index (κ1) is 11.8. The number of aromatic nitrogens is 4. The molecule has 0 radical (unpaired) electrons. The zero-order chi connectivity index (χ0) is 12.3. The number of hydrogen-bond acceptors (Lipinski definition) is 5. The van der Waals surface area contributed by atoms with Gasteiger partial charge in [-0.05, 0) is 20.8 Å². The summed E-state index contributed by atoms with van der Waals surface area (Å²) in [6.45, 7) is 7.29. The van der Waals surface area contributed by atoms with Gasteiger partial charge in [0.05, 0.1) is 19.3 Å². The Morgan fingerprint density at radius 2 is 2.18 bits per heavy atom. The molecule has 1 N–H and O–H groups in total. The Morgan fingerprint density at radius 1 is 1.35 bits per heavy atom. The molecule has 2 rings (SSSR count). The number of nitrogens with zero attached hydrogens (tertiary/aromatic N) is 4. The standard InChI is InChI=1S/C11H17N5O/c1-8(2)16-10(14-7-15-16)5-12-6-11-13-4-9(3)17-11/h4,7-8,12H,5-6H2,1-3H3. The van der Waals surface area contributed by atoms with Crippen molar-refractivity contribution in [3.63, 3.8) is 0 Å². The van der Waals surface area contributed by atoms with E-state index in [4.69, 9.17) is 4.42 Å². The fourth-order valence-corrected chi connectivity index (χ4v) is 1.60. The van der Waals surface area contributed by atoms with E-state index in [1.807, 2.05) is 11.6 Å². The van der Waals surface area contributed by atoms with Gasteiger partial charge >= 0.3 is 0 Å². The van der Waals surface area contributed by atoms with Crippen molar-refractivity contribution in [2.24, 2.45) is 0 Å². The lowest BCUT2D eigenvalue weighted by Crippen LogP contribution is -2.18. The Kier molecular flexibility index (Phi) is 3.53. The lowest BCUT2D eigenvalue weighted by Gasteiger charge is -2.09. The van der Waals surface area contributed by atoms with E-state index < -0.39 is 0 Å². The molecule has 6 nitrogen and oxygen atoms in total. The monoisotopic (exact) mass is 235 g/mol. The minimum absolute atomic E-state index is 0.318. The van der Waals surface area contributed by atoms with Crippen LogP contribution in [-0.4, -0.2) is 19.7 Å². The van der Waals surface area contributed by atoms with Gasteiger partial charge in [0, 0.05) is 6.04 Å². The van der Waals surface area contributed by atoms with Crippen LogP contribution in [0.25, 0.3) is 0 Å². The van der Waals surface area contributed by atoms with E-state index >= 15 is 0 Å². The van der Waals surface area contributed by atoms with Crippen molar-refractivity contribution in [1.82, 2.24) is 25.1 Å². The highest BCUT2D eigenvalue weighted by Gasteiger charge is 2.07. The number of hydrogen-bond donors (Lipinski definition) is 1. The van der Waals surface area contributed by atoms with E-state index in [0.717, 1.165) is 11.6 Å². The largest absolute Gasteiger partial charge is 0.445 e. The summed E-state index contributed by atoms with van der Waals surface area (Å²) in [4.78, 5) is 8.33. The highest BCUT2D eigenvalue weighted by molar-refractivity contribution is 4.91. The highest BCUT2D eigenvalue weighted by atomic mass is 16.4. The molecule has 17 heavy (non-hydrogen) atoms. The van der Waals surface area contributed by atoms with Gasteiger partial charge in [0.1, 0.15) is 17.9 Å². The predicted octanol–water partition coefficient (Wildman–Crippen LogP) is 1.45. The van der Waals surface area contributed by atoms with Crippen LogP contribution in [0.15, 0.2) is 16.9 Å². The van der Waals surface area contributed by atoms with E-state index in [0.29, 0.717) is 25.0 Å². The quantitative estimate of drug-likeness (QED) is 0.849. The van der Waals surface area contributed by atoms with Crippen LogP contribution in [0.3, 0.4) is 0 Å². The van der Waals surface area contributed by atoms with Crippen molar-refractivity contribution >= 4 is 0 Å². The Bertz CT molecular complexity index is 474. The molecule has 92 valence electrons. The fourth-order valence-electron chi connectivity index (χ4n) is 1.60. The second-order valence-electron chi connectivity index (χ2n) is 4.18. The maximum Gasteiger partial charge on any atom is 0.208 e. The lowest BCUT2D eigenvalue weighted by atomic mass is 10.4. The van der Waals surface area contributed by atoms with E-state index in [9.17, 15) is 0 Å². The second kappa shape index (κ2) is 5.09. The summed E-state index contributed by atoms with van der Waals surface area (Å²) < 4.78 is 7.26. The van der Waals surface area contributed by atoms with E-state index in [1.165, 1.54) is 0 Å². The first-order chi connectivity index (χ1) is 8.16. The molecule has 0 saturated heterocycles. The van der Waals surface area contributed by atoms with E-state index in [-0.39, 0.29) is 0 Å². The van der Waals surface area contributed by atoms with Crippen LogP contribution in [0.5, 0.6) is 0 Å². The van der Waals surface area contributed by atoms with Crippen LogP contribution in [0.2, 0.25) is 0 Å². The minimum Gasteiger partial charge on any atom is -0.445 e. The van der Waals surface area contributed by atoms with E-state index in [2.05, 4.69) is 34.2 Å². The van der Waals surface area contributed by atoms with Crippen LogP contribution in [0.4, 0.5) is 0 Å². The zero-order valence-corrected chi connectivity index (χ0v) is 10.3. The maximum atomic E-state index is 5.36. The summed E-state index contributed by atoms with van der Waals surface area (Å²) in [5, 5.41) is 7.41. The Hall–Kier alpha value is -1.69. The molecule has 0 aromatic carbocycles. The van der Waals surface area contributed by atoms with Gasteiger partial charge in [-0.3, -0.25) is 0 Å². The van der Waals surface area contributed by atoms with Crippen LogP contribution < -0.4 is 5.32 Å². The summed E-state index contributed by atoms with van der Waals surface area (Å²) in [5.74, 6) is 2.44. The molecule has 0 fully saturated rings. The number of aryl methyl sites for hydroxylation is 1. The van der Waals surface area contributed by atoms with Crippen LogP contribution in [0, 0.1) is 6.92 Å². The summed E-state index contributed by atoms with van der Waals surface area (Å²) in [6.07, 6.45) is 3.29. The first-order valence-corrected chi connectivity index (χ1v) is 5.67. The molecule has 0 spiro atoms. The van der Waals surface area contributed by atoms with Crippen molar-refractivity contribution < 1.29 is 4.42 Å². The third-order valence-corrected chi connectivity index (χ3v) is 2.36. The Morgan fingerprint density at radius 3 is 2.82 bits per heavy atom. The Balaban J connectivity index is 1.88. The van der Waals surface area contributed by atoms with Crippen LogP contribution >= 0.6 is 0 Å². The maximum absolute atomic E-state index is 5.36. The van der Waals surface area contributed by atoms with Gasteiger partial charge in [-0.15, -0.1) is 0 Å². The second-order valence-corrected chi connectivity index (χ2v) is 4.18. The lowest BCUT2D eigenvalue weighted by molar-refractivity contribution is 0.437. The van der Waals surface area contributed by atoms with Gasteiger partial charge in [0.15, 0.2) is 0 Å². The summed E-state index contributed by atoms with van der Waals surface area (Å²) >= 11 is 0. The van der Waals surface area contributed by atoms with Gasteiger partial charge in [-0.2, -0.15) is 5.10 Å². The molecule has 2 aromatic heterocycles. The molecule has 0 amide bonds. The Labute approximate surface area is 100 Å². The SMILES string of the molecule is Cc1cnc(CNCc2ncnn2C(C)C)o1. The normalized spacial score (nSPS) is 11.3. The molecule has 0 aliphatic carbocycles. The third kappa shape index (κ3) is 2.91. The average molecular weight is 235 g/mol. The first-order valence-electron chi connectivity index (χ1n) is 5.67. The van der Waals surface area contributed by atoms with Crippen LogP contribution in [0.1, 0.15) is 37.4 Å². The smallest absolute Gasteiger partial charge is 0.208 e. The summed E-state index contributed by atoms with van der Waals surface area (Å²) in [5.41, 5.74) is 0. The van der Waals surface area contributed by atoms with Crippen molar-refractivity contribution in [2.75, 3.05) is 0 Å². The molecule has 2 heterocycles. The van der Waals surface area contributed by atoms with Gasteiger partial charge in [-0.25, -0.2) is 14.6 Å². The van der Waals surface area contributed by atoms with Crippen molar-refractivity contribution in [3.05, 3.63) is 30.0 Å². The summed E-state index contributed by atoms with van der Waals surface area (Å²) in [6, 6.07) is 0.318. The molecular weight excluding hydrogens is 218 g/mol. The van der Waals surface area contributed by atoms with Crippen molar-refractivity contribution in [3.8, 4) is 0 Å².